The Morgan fingerprint density at radius 1 is 1.13 bits per heavy atom. The molecule has 0 saturated carbocycles. The van der Waals surface area contributed by atoms with Gasteiger partial charge in [0.25, 0.3) is 5.91 Å². The van der Waals surface area contributed by atoms with Gasteiger partial charge in [0.05, 0.1) is 19.9 Å². The molecule has 160 valence electrons. The SMILES string of the molecule is CN=C(NCCCN1C(=O)COc2ccccc21)NCc1ccc(OC)c(OC)c1. The van der Waals surface area contributed by atoms with Crippen molar-refractivity contribution >= 4 is 17.6 Å². The quantitative estimate of drug-likeness (QED) is 0.393. The summed E-state index contributed by atoms with van der Waals surface area (Å²) in [6, 6.07) is 13.4. The molecule has 0 atom stereocenters. The first-order valence-electron chi connectivity index (χ1n) is 9.84. The fraction of sp³-hybridized carbons (Fsp3) is 0.364. The highest BCUT2D eigenvalue weighted by molar-refractivity contribution is 5.97. The van der Waals surface area contributed by atoms with Crippen molar-refractivity contribution in [3.8, 4) is 17.2 Å². The van der Waals surface area contributed by atoms with E-state index in [1.807, 2.05) is 42.5 Å². The van der Waals surface area contributed by atoms with Gasteiger partial charge in [-0.25, -0.2) is 0 Å². The summed E-state index contributed by atoms with van der Waals surface area (Å²) < 4.78 is 16.1. The van der Waals surface area contributed by atoms with Crippen molar-refractivity contribution in [2.45, 2.75) is 13.0 Å². The molecule has 0 aromatic heterocycles. The zero-order valence-corrected chi connectivity index (χ0v) is 17.6. The highest BCUT2D eigenvalue weighted by atomic mass is 16.5. The molecular weight excluding hydrogens is 384 g/mol. The second kappa shape index (κ2) is 10.4. The standard InChI is InChI=1S/C22H28N4O4/c1-23-22(25-14-16-9-10-19(28-2)20(13-16)29-3)24-11-6-12-26-17-7-4-5-8-18(17)30-15-21(26)27/h4-5,7-10,13H,6,11-12,14-15H2,1-3H3,(H2,23,24,25). The molecule has 3 rings (SSSR count). The van der Waals surface area contributed by atoms with Crippen LogP contribution < -0.4 is 29.7 Å². The largest absolute Gasteiger partial charge is 0.493 e. The molecule has 0 unspecified atom stereocenters. The van der Waals surface area contributed by atoms with Gasteiger partial charge < -0.3 is 29.7 Å². The van der Waals surface area contributed by atoms with Crippen molar-refractivity contribution < 1.29 is 19.0 Å². The molecule has 0 aliphatic carbocycles. The third-order valence-corrected chi connectivity index (χ3v) is 4.79. The van der Waals surface area contributed by atoms with E-state index in [9.17, 15) is 4.79 Å². The molecule has 2 aromatic rings. The van der Waals surface area contributed by atoms with Gasteiger partial charge in [-0.3, -0.25) is 9.79 Å². The smallest absolute Gasteiger partial charge is 0.265 e. The molecule has 1 aliphatic rings. The Hall–Kier alpha value is -3.42. The molecule has 0 bridgehead atoms. The highest BCUT2D eigenvalue weighted by Crippen LogP contribution is 2.31. The van der Waals surface area contributed by atoms with Crippen LogP contribution >= 0.6 is 0 Å². The molecule has 2 N–H and O–H groups in total. The van der Waals surface area contributed by atoms with E-state index in [0.717, 1.165) is 23.4 Å². The van der Waals surface area contributed by atoms with Crippen LogP contribution in [0.5, 0.6) is 17.2 Å². The summed E-state index contributed by atoms with van der Waals surface area (Å²) in [5, 5.41) is 6.56. The van der Waals surface area contributed by atoms with Crippen molar-refractivity contribution in [2.75, 3.05) is 45.9 Å². The molecule has 1 amide bonds. The molecule has 0 radical (unpaired) electrons. The Kier molecular flexibility index (Phi) is 7.37. The molecule has 0 fully saturated rings. The van der Waals surface area contributed by atoms with Gasteiger partial charge in [0, 0.05) is 26.7 Å². The summed E-state index contributed by atoms with van der Waals surface area (Å²) in [4.78, 5) is 18.3. The Bertz CT molecular complexity index is 900. The second-order valence-electron chi connectivity index (χ2n) is 6.70. The fourth-order valence-electron chi connectivity index (χ4n) is 3.24. The first-order valence-corrected chi connectivity index (χ1v) is 9.84. The van der Waals surface area contributed by atoms with E-state index in [-0.39, 0.29) is 12.5 Å². The van der Waals surface area contributed by atoms with Gasteiger partial charge in [-0.05, 0) is 36.2 Å². The molecule has 0 spiro atoms. The van der Waals surface area contributed by atoms with Gasteiger partial charge in [-0.1, -0.05) is 18.2 Å². The van der Waals surface area contributed by atoms with Gasteiger partial charge in [-0.15, -0.1) is 0 Å². The van der Waals surface area contributed by atoms with Crippen LogP contribution in [-0.4, -0.2) is 52.8 Å². The number of fused-ring (bicyclic) bond motifs is 1. The predicted molar refractivity (Wildman–Crippen MR) is 117 cm³/mol. The van der Waals surface area contributed by atoms with E-state index in [2.05, 4.69) is 15.6 Å². The minimum absolute atomic E-state index is 0.0235. The van der Waals surface area contributed by atoms with E-state index in [1.165, 1.54) is 0 Å². The molecule has 8 nitrogen and oxygen atoms in total. The van der Waals surface area contributed by atoms with Crippen LogP contribution in [-0.2, 0) is 11.3 Å². The maximum absolute atomic E-state index is 12.2. The lowest BCUT2D eigenvalue weighted by Crippen LogP contribution is -2.41. The van der Waals surface area contributed by atoms with E-state index in [0.29, 0.717) is 37.1 Å². The lowest BCUT2D eigenvalue weighted by molar-refractivity contribution is -0.121. The summed E-state index contributed by atoms with van der Waals surface area (Å²) in [5.74, 6) is 2.80. The zero-order chi connectivity index (χ0) is 21.3. The van der Waals surface area contributed by atoms with Crippen LogP contribution in [0.25, 0.3) is 0 Å². The summed E-state index contributed by atoms with van der Waals surface area (Å²) >= 11 is 0. The van der Waals surface area contributed by atoms with Crippen LogP contribution in [0, 0.1) is 0 Å². The minimum atomic E-state index is -0.0235. The Morgan fingerprint density at radius 3 is 2.70 bits per heavy atom. The van der Waals surface area contributed by atoms with Crippen molar-refractivity contribution in [1.29, 1.82) is 0 Å². The number of hydrogen-bond acceptors (Lipinski definition) is 5. The Labute approximate surface area is 176 Å². The molecule has 1 heterocycles. The molecule has 8 heteroatoms. The summed E-state index contributed by atoms with van der Waals surface area (Å²) in [5.41, 5.74) is 1.87. The number of guanidine groups is 1. The number of benzene rings is 2. The van der Waals surface area contributed by atoms with Gasteiger partial charge in [0.2, 0.25) is 0 Å². The number of anilines is 1. The normalized spacial score (nSPS) is 13.4. The first-order chi connectivity index (χ1) is 14.7. The van der Waals surface area contributed by atoms with Crippen LogP contribution in [0.15, 0.2) is 47.5 Å². The van der Waals surface area contributed by atoms with Gasteiger partial charge in [0.1, 0.15) is 5.75 Å². The molecule has 0 saturated heterocycles. The second-order valence-corrected chi connectivity index (χ2v) is 6.70. The molecule has 30 heavy (non-hydrogen) atoms. The average molecular weight is 412 g/mol. The zero-order valence-electron chi connectivity index (χ0n) is 17.6. The lowest BCUT2D eigenvalue weighted by Gasteiger charge is -2.29. The summed E-state index contributed by atoms with van der Waals surface area (Å²) in [6.07, 6.45) is 0.775. The third kappa shape index (κ3) is 5.14. The van der Waals surface area contributed by atoms with Crippen LogP contribution in [0.3, 0.4) is 0 Å². The number of amides is 1. The maximum Gasteiger partial charge on any atom is 0.265 e. The van der Waals surface area contributed by atoms with Crippen LogP contribution in [0.2, 0.25) is 0 Å². The topological polar surface area (TPSA) is 84.4 Å². The number of ether oxygens (including phenoxy) is 3. The summed E-state index contributed by atoms with van der Waals surface area (Å²) in [7, 11) is 4.96. The number of carbonyl (C=O) groups excluding carboxylic acids is 1. The minimum Gasteiger partial charge on any atom is -0.493 e. The number of hydrogen-bond donors (Lipinski definition) is 2. The average Bonchev–Trinajstić information content (AvgIpc) is 2.79. The van der Waals surface area contributed by atoms with Gasteiger partial charge in [-0.2, -0.15) is 0 Å². The highest BCUT2D eigenvalue weighted by Gasteiger charge is 2.24. The maximum atomic E-state index is 12.2. The predicted octanol–water partition coefficient (Wildman–Crippen LogP) is 2.18. The number of methoxy groups -OCH3 is 2. The number of rotatable bonds is 8. The fourth-order valence-corrected chi connectivity index (χ4v) is 3.24. The monoisotopic (exact) mass is 412 g/mol. The van der Waals surface area contributed by atoms with Gasteiger partial charge in [0.15, 0.2) is 24.1 Å². The van der Waals surface area contributed by atoms with Crippen molar-refractivity contribution in [2.24, 2.45) is 4.99 Å². The van der Waals surface area contributed by atoms with Gasteiger partial charge >= 0.3 is 0 Å². The number of para-hydroxylation sites is 2. The van der Waals surface area contributed by atoms with E-state index >= 15 is 0 Å². The molecule has 2 aromatic carbocycles. The number of carbonyl (C=O) groups is 1. The Morgan fingerprint density at radius 2 is 1.93 bits per heavy atom. The number of nitrogens with zero attached hydrogens (tertiary/aromatic N) is 2. The van der Waals surface area contributed by atoms with Crippen LogP contribution in [0.4, 0.5) is 5.69 Å². The van der Waals surface area contributed by atoms with E-state index in [1.54, 1.807) is 26.2 Å². The van der Waals surface area contributed by atoms with Crippen molar-refractivity contribution in [1.82, 2.24) is 10.6 Å². The molecular formula is C22H28N4O4. The number of aliphatic imine (C=N–C) groups is 1. The summed E-state index contributed by atoms with van der Waals surface area (Å²) in [6.45, 7) is 1.96. The van der Waals surface area contributed by atoms with Crippen molar-refractivity contribution in [3.63, 3.8) is 0 Å². The third-order valence-electron chi connectivity index (χ3n) is 4.79. The van der Waals surface area contributed by atoms with Crippen LogP contribution in [0.1, 0.15) is 12.0 Å². The number of nitrogens with one attached hydrogen (secondary N) is 2. The van der Waals surface area contributed by atoms with E-state index < -0.39 is 0 Å². The Balaban J connectivity index is 1.47. The first kappa shape index (κ1) is 21.3. The molecule has 1 aliphatic heterocycles. The van der Waals surface area contributed by atoms with Crippen molar-refractivity contribution in [3.05, 3.63) is 48.0 Å². The lowest BCUT2D eigenvalue weighted by atomic mass is 10.2. The van der Waals surface area contributed by atoms with E-state index in [4.69, 9.17) is 14.2 Å².